The number of rotatable bonds is 6. The number of amidine groups is 1. The van der Waals surface area contributed by atoms with E-state index in [1.165, 1.54) is 33.0 Å². The summed E-state index contributed by atoms with van der Waals surface area (Å²) in [5.41, 5.74) is 14.9. The van der Waals surface area contributed by atoms with Crippen molar-refractivity contribution in [3.05, 3.63) is 228 Å². The molecular weight excluding hydrogens is 707 g/mol. The van der Waals surface area contributed by atoms with E-state index < -0.39 is 0 Å². The molecule has 0 saturated heterocycles. The molecule has 0 amide bonds. The van der Waals surface area contributed by atoms with Gasteiger partial charge in [0.1, 0.15) is 18.2 Å². The molecule has 9 aromatic rings. The largest absolute Gasteiger partial charge is 0.350 e. The van der Waals surface area contributed by atoms with Crippen LogP contribution in [0.5, 0.6) is 0 Å². The first-order valence-electron chi connectivity index (χ1n) is 19.9. The second kappa shape index (κ2) is 14.2. The number of aromatic nitrogens is 1. The molecule has 58 heavy (non-hydrogen) atoms. The Hall–Kier alpha value is -7.47. The Balaban J connectivity index is 1.05. The minimum Gasteiger partial charge on any atom is -0.350 e. The number of aliphatic imine (C=N–C) groups is 1. The van der Waals surface area contributed by atoms with Crippen molar-refractivity contribution in [3.8, 4) is 16.8 Å². The number of hydrogen-bond donors (Lipinski definition) is 2. The lowest BCUT2D eigenvalue weighted by atomic mass is 9.97. The highest BCUT2D eigenvalue weighted by atomic mass is 15.3. The zero-order valence-corrected chi connectivity index (χ0v) is 31.7. The summed E-state index contributed by atoms with van der Waals surface area (Å²) in [5.74, 6) is 0.871. The number of nitrogens with zero attached hydrogens (tertiary/aromatic N) is 3. The molecule has 0 aliphatic carbocycles. The quantitative estimate of drug-likeness (QED) is 0.178. The summed E-state index contributed by atoms with van der Waals surface area (Å²) >= 11 is 0. The number of fused-ring (bicyclic) bond motifs is 5. The molecule has 2 aliphatic heterocycles. The Kier molecular flexibility index (Phi) is 8.30. The van der Waals surface area contributed by atoms with Crippen LogP contribution in [-0.2, 0) is 0 Å². The topological polar surface area (TPSA) is 44.6 Å². The molecular formula is C53H39N5. The average Bonchev–Trinajstić information content (AvgIpc) is 3.55. The van der Waals surface area contributed by atoms with Crippen LogP contribution in [0, 0.1) is 0 Å². The van der Waals surface area contributed by atoms with Crippen molar-refractivity contribution >= 4 is 56.9 Å². The standard InChI is InChI=1S/C53H39N5/c1-4-17-38(18-5-1)51-54-52(39-19-6-2-7-20-39)56-53(55-51)41-21-14-24-43(34-41)58-47-28-13-11-25-45(47)50-44(26-15-29-48(50)58)40-33-32-37-31-30-36-16-10-12-27-46(36)57(49(37)35-40)42-22-8-3-9-23-42/h1-35,51,53,55H,(H,54,56). The third-order valence-corrected chi connectivity index (χ3v) is 11.4. The molecule has 11 rings (SSSR count). The van der Waals surface area contributed by atoms with Crippen LogP contribution in [-0.4, -0.2) is 10.4 Å². The van der Waals surface area contributed by atoms with Gasteiger partial charge in [0.2, 0.25) is 0 Å². The first-order valence-corrected chi connectivity index (χ1v) is 19.9. The van der Waals surface area contributed by atoms with Crippen molar-refractivity contribution in [2.45, 2.75) is 12.3 Å². The van der Waals surface area contributed by atoms with Crippen LogP contribution in [0.2, 0.25) is 0 Å². The van der Waals surface area contributed by atoms with Gasteiger partial charge in [-0.1, -0.05) is 164 Å². The highest BCUT2D eigenvalue weighted by Gasteiger charge is 2.27. The maximum Gasteiger partial charge on any atom is 0.131 e. The van der Waals surface area contributed by atoms with Gasteiger partial charge < -0.3 is 14.8 Å². The monoisotopic (exact) mass is 745 g/mol. The van der Waals surface area contributed by atoms with Crippen LogP contribution in [0.15, 0.2) is 205 Å². The number of para-hydroxylation sites is 3. The summed E-state index contributed by atoms with van der Waals surface area (Å²) in [6.07, 6.45) is 4.10. The summed E-state index contributed by atoms with van der Waals surface area (Å²) in [4.78, 5) is 7.65. The van der Waals surface area contributed by atoms with E-state index in [2.05, 4.69) is 226 Å². The first kappa shape index (κ1) is 33.8. The van der Waals surface area contributed by atoms with E-state index in [9.17, 15) is 0 Å². The van der Waals surface area contributed by atoms with Gasteiger partial charge in [-0.3, -0.25) is 5.32 Å². The zero-order chi connectivity index (χ0) is 38.4. The Morgan fingerprint density at radius 1 is 0.466 bits per heavy atom. The Labute approximate surface area is 337 Å². The molecule has 0 radical (unpaired) electrons. The molecule has 0 fully saturated rings. The van der Waals surface area contributed by atoms with Gasteiger partial charge in [0.05, 0.1) is 22.4 Å². The molecule has 3 heterocycles. The Morgan fingerprint density at radius 3 is 1.97 bits per heavy atom. The number of nitrogens with one attached hydrogen (secondary N) is 2. The number of benzene rings is 8. The molecule has 5 heteroatoms. The van der Waals surface area contributed by atoms with Gasteiger partial charge in [0, 0.05) is 27.7 Å². The second-order valence-corrected chi connectivity index (χ2v) is 14.9. The number of hydrogen-bond acceptors (Lipinski definition) is 4. The van der Waals surface area contributed by atoms with Gasteiger partial charge in [-0.05, 0) is 81.9 Å². The lowest BCUT2D eigenvalue weighted by Gasteiger charge is -2.32. The summed E-state index contributed by atoms with van der Waals surface area (Å²) in [6, 6.07) is 71.5. The molecule has 5 nitrogen and oxygen atoms in total. The lowest BCUT2D eigenvalue weighted by molar-refractivity contribution is 0.409. The van der Waals surface area contributed by atoms with E-state index in [4.69, 9.17) is 4.99 Å². The fourth-order valence-electron chi connectivity index (χ4n) is 8.70. The Morgan fingerprint density at radius 2 is 1.12 bits per heavy atom. The van der Waals surface area contributed by atoms with Crippen molar-refractivity contribution in [2.24, 2.45) is 4.99 Å². The zero-order valence-electron chi connectivity index (χ0n) is 31.7. The fourth-order valence-corrected chi connectivity index (χ4v) is 8.70. The summed E-state index contributed by atoms with van der Waals surface area (Å²) in [7, 11) is 0. The van der Waals surface area contributed by atoms with Crippen LogP contribution >= 0.6 is 0 Å². The van der Waals surface area contributed by atoms with Gasteiger partial charge in [0.25, 0.3) is 0 Å². The molecule has 0 saturated carbocycles. The highest BCUT2D eigenvalue weighted by molar-refractivity contribution is 6.16. The molecule has 0 bridgehead atoms. The smallest absolute Gasteiger partial charge is 0.131 e. The second-order valence-electron chi connectivity index (χ2n) is 14.9. The van der Waals surface area contributed by atoms with Gasteiger partial charge in [-0.15, -0.1) is 0 Å². The molecule has 2 unspecified atom stereocenters. The van der Waals surface area contributed by atoms with Crippen molar-refractivity contribution in [1.82, 2.24) is 15.2 Å². The maximum absolute atomic E-state index is 5.26. The van der Waals surface area contributed by atoms with Crippen LogP contribution in [0.3, 0.4) is 0 Å². The van der Waals surface area contributed by atoms with Gasteiger partial charge in [0.15, 0.2) is 0 Å². The maximum atomic E-state index is 5.26. The van der Waals surface area contributed by atoms with Gasteiger partial charge >= 0.3 is 0 Å². The first-order chi connectivity index (χ1) is 28.8. The van der Waals surface area contributed by atoms with Crippen LogP contribution < -0.4 is 15.5 Å². The van der Waals surface area contributed by atoms with Crippen LogP contribution in [0.1, 0.15) is 40.1 Å². The van der Waals surface area contributed by atoms with Gasteiger partial charge in [-0.2, -0.15) is 0 Å². The minimum absolute atomic E-state index is 0.110. The van der Waals surface area contributed by atoms with Crippen LogP contribution in [0.25, 0.3) is 50.8 Å². The molecule has 2 aliphatic rings. The summed E-state index contributed by atoms with van der Waals surface area (Å²) in [6.45, 7) is 0. The van der Waals surface area contributed by atoms with E-state index >= 15 is 0 Å². The van der Waals surface area contributed by atoms with E-state index in [1.807, 2.05) is 6.07 Å². The van der Waals surface area contributed by atoms with Crippen molar-refractivity contribution in [2.75, 3.05) is 4.90 Å². The fraction of sp³-hybridized carbons (Fsp3) is 0.0377. The SMILES string of the molecule is C1=Cc2ccc(-c3cccc4c3c3ccccc3n4-c3cccc(C4N=C(c5ccccc5)NC(c5ccccc5)N4)c3)cc2N(c2ccccc2)c2ccccc21. The third kappa shape index (κ3) is 5.88. The van der Waals surface area contributed by atoms with E-state index in [0.29, 0.717) is 0 Å². The minimum atomic E-state index is -0.267. The highest BCUT2D eigenvalue weighted by Crippen LogP contribution is 2.45. The third-order valence-electron chi connectivity index (χ3n) is 11.4. The van der Waals surface area contributed by atoms with Crippen molar-refractivity contribution < 1.29 is 0 Å². The van der Waals surface area contributed by atoms with E-state index in [0.717, 1.165) is 56.3 Å². The molecule has 0 spiro atoms. The molecule has 1 aromatic heterocycles. The van der Waals surface area contributed by atoms with Crippen molar-refractivity contribution in [1.29, 1.82) is 0 Å². The lowest BCUT2D eigenvalue weighted by Crippen LogP contribution is -2.44. The van der Waals surface area contributed by atoms with E-state index in [1.54, 1.807) is 0 Å². The number of anilines is 3. The predicted octanol–water partition coefficient (Wildman–Crippen LogP) is 12.7. The average molecular weight is 746 g/mol. The molecule has 276 valence electrons. The normalized spacial score (nSPS) is 16.0. The Bertz CT molecular complexity index is 3020. The molecule has 8 aromatic carbocycles. The molecule has 2 atom stereocenters. The predicted molar refractivity (Wildman–Crippen MR) is 241 cm³/mol. The van der Waals surface area contributed by atoms with Gasteiger partial charge in [-0.25, -0.2) is 4.99 Å². The molecule has 2 N–H and O–H groups in total. The van der Waals surface area contributed by atoms with Crippen molar-refractivity contribution in [3.63, 3.8) is 0 Å². The summed E-state index contributed by atoms with van der Waals surface area (Å²) < 4.78 is 2.41. The van der Waals surface area contributed by atoms with Crippen LogP contribution in [0.4, 0.5) is 17.1 Å². The summed E-state index contributed by atoms with van der Waals surface area (Å²) in [5, 5.41) is 9.91. The van der Waals surface area contributed by atoms with E-state index in [-0.39, 0.29) is 12.3 Å².